The molecule has 1 N–H and O–H groups in total. The molecule has 0 aliphatic carbocycles. The van der Waals surface area contributed by atoms with E-state index in [-0.39, 0.29) is 0 Å². The Bertz CT molecular complexity index is 367. The molecule has 0 bridgehead atoms. The van der Waals surface area contributed by atoms with Gasteiger partial charge in [0.15, 0.2) is 5.13 Å². The Balaban J connectivity index is 2.10. The molecule has 0 aromatic carbocycles. The number of aromatic nitrogens is 1. The van der Waals surface area contributed by atoms with Crippen LogP contribution in [-0.4, -0.2) is 24.6 Å². The Morgan fingerprint density at radius 3 is 2.67 bits per heavy atom. The molecule has 1 saturated heterocycles. The van der Waals surface area contributed by atoms with Gasteiger partial charge in [0, 0.05) is 24.5 Å². The van der Waals surface area contributed by atoms with Gasteiger partial charge in [0.1, 0.15) is 0 Å². The number of nitrogens with zero attached hydrogens (tertiary/aromatic N) is 2. The van der Waals surface area contributed by atoms with Gasteiger partial charge >= 0.3 is 0 Å². The lowest BCUT2D eigenvalue weighted by Crippen LogP contribution is -2.17. The summed E-state index contributed by atoms with van der Waals surface area (Å²) in [5.74, 6) is 0.524. The summed E-state index contributed by atoms with van der Waals surface area (Å²) in [5.41, 5.74) is 1.30. The average Bonchev–Trinajstić information content (AvgIpc) is 2.97. The van der Waals surface area contributed by atoms with E-state index in [1.54, 1.807) is 0 Å². The van der Waals surface area contributed by atoms with Crippen molar-refractivity contribution < 1.29 is 0 Å². The first-order chi connectivity index (χ1) is 8.72. The second-order valence-electron chi connectivity index (χ2n) is 5.33. The van der Waals surface area contributed by atoms with Gasteiger partial charge in [-0.3, -0.25) is 0 Å². The number of hydrogen-bond donors (Lipinski definition) is 1. The molecule has 2 rings (SSSR count). The molecule has 0 amide bonds. The predicted molar refractivity (Wildman–Crippen MR) is 79.6 cm³/mol. The van der Waals surface area contributed by atoms with Gasteiger partial charge in [-0.15, -0.1) is 11.3 Å². The second-order valence-corrected chi connectivity index (χ2v) is 6.39. The smallest absolute Gasteiger partial charge is 0.185 e. The van der Waals surface area contributed by atoms with Crippen molar-refractivity contribution in [2.75, 3.05) is 24.5 Å². The van der Waals surface area contributed by atoms with E-state index in [1.807, 2.05) is 11.3 Å². The van der Waals surface area contributed by atoms with Gasteiger partial charge in [0.05, 0.1) is 5.69 Å². The van der Waals surface area contributed by atoms with Crippen LogP contribution in [0.25, 0.3) is 0 Å². The highest BCUT2D eigenvalue weighted by Crippen LogP contribution is 2.32. The molecule has 1 aliphatic heterocycles. The molecule has 0 unspecified atom stereocenters. The van der Waals surface area contributed by atoms with E-state index in [4.69, 9.17) is 4.98 Å². The molecular formula is C14H25N3S. The SMILES string of the molecule is CCCNCc1sc(N2CCCC2)nc1C(C)C. The lowest BCUT2D eigenvalue weighted by atomic mass is 10.1. The van der Waals surface area contributed by atoms with Gasteiger partial charge in [-0.05, 0) is 31.7 Å². The van der Waals surface area contributed by atoms with Crippen LogP contribution in [0.4, 0.5) is 5.13 Å². The van der Waals surface area contributed by atoms with Gasteiger partial charge in [-0.1, -0.05) is 20.8 Å². The van der Waals surface area contributed by atoms with Crippen molar-refractivity contribution in [2.24, 2.45) is 0 Å². The topological polar surface area (TPSA) is 28.2 Å². The molecule has 0 spiro atoms. The zero-order chi connectivity index (χ0) is 13.0. The van der Waals surface area contributed by atoms with Crippen LogP contribution in [0.5, 0.6) is 0 Å². The average molecular weight is 267 g/mol. The van der Waals surface area contributed by atoms with Crippen LogP contribution in [-0.2, 0) is 6.54 Å². The zero-order valence-corrected chi connectivity index (χ0v) is 12.6. The largest absolute Gasteiger partial charge is 0.348 e. The molecule has 1 aromatic rings. The number of anilines is 1. The third-order valence-corrected chi connectivity index (χ3v) is 4.48. The fraction of sp³-hybridized carbons (Fsp3) is 0.786. The van der Waals surface area contributed by atoms with E-state index in [2.05, 4.69) is 31.0 Å². The lowest BCUT2D eigenvalue weighted by Gasteiger charge is -2.12. The minimum absolute atomic E-state index is 0.524. The fourth-order valence-corrected chi connectivity index (χ4v) is 3.59. The Morgan fingerprint density at radius 1 is 1.33 bits per heavy atom. The summed E-state index contributed by atoms with van der Waals surface area (Å²) in [6.07, 6.45) is 3.83. The number of thiazole rings is 1. The zero-order valence-electron chi connectivity index (χ0n) is 11.8. The minimum atomic E-state index is 0.524. The van der Waals surface area contributed by atoms with Crippen LogP contribution in [0.3, 0.4) is 0 Å². The Morgan fingerprint density at radius 2 is 2.06 bits per heavy atom. The first kappa shape index (κ1) is 13.8. The Labute approximate surface area is 115 Å². The molecule has 1 aromatic heterocycles. The second kappa shape index (κ2) is 6.53. The Kier molecular flexibility index (Phi) is 5.01. The van der Waals surface area contributed by atoms with Gasteiger partial charge < -0.3 is 10.2 Å². The molecule has 0 atom stereocenters. The molecule has 2 heterocycles. The van der Waals surface area contributed by atoms with Gasteiger partial charge in [-0.2, -0.15) is 0 Å². The van der Waals surface area contributed by atoms with Crippen LogP contribution in [0, 0.1) is 0 Å². The van der Waals surface area contributed by atoms with Gasteiger partial charge in [0.2, 0.25) is 0 Å². The Hall–Kier alpha value is -0.610. The standard InChI is InChI=1S/C14H25N3S/c1-4-7-15-10-12-13(11(2)3)16-14(18-12)17-8-5-6-9-17/h11,15H,4-10H2,1-3H3. The summed E-state index contributed by atoms with van der Waals surface area (Å²) in [5, 5.41) is 4.74. The quantitative estimate of drug-likeness (QED) is 0.801. The highest BCUT2D eigenvalue weighted by molar-refractivity contribution is 7.15. The monoisotopic (exact) mass is 267 g/mol. The van der Waals surface area contributed by atoms with Crippen molar-refractivity contribution in [3.8, 4) is 0 Å². The van der Waals surface area contributed by atoms with E-state index in [9.17, 15) is 0 Å². The molecule has 0 saturated carbocycles. The maximum Gasteiger partial charge on any atom is 0.185 e. The van der Waals surface area contributed by atoms with E-state index in [0.29, 0.717) is 5.92 Å². The summed E-state index contributed by atoms with van der Waals surface area (Å²) in [7, 11) is 0. The fourth-order valence-electron chi connectivity index (χ4n) is 2.35. The molecule has 3 nitrogen and oxygen atoms in total. The minimum Gasteiger partial charge on any atom is -0.348 e. The third kappa shape index (κ3) is 3.23. The molecule has 18 heavy (non-hydrogen) atoms. The van der Waals surface area contributed by atoms with Crippen molar-refractivity contribution in [3.05, 3.63) is 10.6 Å². The van der Waals surface area contributed by atoms with E-state index in [0.717, 1.165) is 13.1 Å². The van der Waals surface area contributed by atoms with Crippen LogP contribution in [0.1, 0.15) is 56.5 Å². The van der Waals surface area contributed by atoms with Crippen LogP contribution in [0.15, 0.2) is 0 Å². The van der Waals surface area contributed by atoms with E-state index < -0.39 is 0 Å². The highest BCUT2D eigenvalue weighted by Gasteiger charge is 2.20. The first-order valence-electron chi connectivity index (χ1n) is 7.17. The molecule has 0 radical (unpaired) electrons. The van der Waals surface area contributed by atoms with Crippen molar-refractivity contribution in [2.45, 2.75) is 52.5 Å². The molecule has 102 valence electrons. The van der Waals surface area contributed by atoms with E-state index in [1.165, 1.54) is 48.1 Å². The lowest BCUT2D eigenvalue weighted by molar-refractivity contribution is 0.670. The van der Waals surface area contributed by atoms with Crippen molar-refractivity contribution in [1.29, 1.82) is 0 Å². The highest BCUT2D eigenvalue weighted by atomic mass is 32.1. The number of rotatable bonds is 6. The molecule has 4 heteroatoms. The van der Waals surface area contributed by atoms with Gasteiger partial charge in [-0.25, -0.2) is 4.98 Å². The number of nitrogens with one attached hydrogen (secondary N) is 1. The van der Waals surface area contributed by atoms with Crippen molar-refractivity contribution in [1.82, 2.24) is 10.3 Å². The summed E-state index contributed by atoms with van der Waals surface area (Å²) < 4.78 is 0. The van der Waals surface area contributed by atoms with Crippen molar-refractivity contribution in [3.63, 3.8) is 0 Å². The van der Waals surface area contributed by atoms with Gasteiger partial charge in [0.25, 0.3) is 0 Å². The summed E-state index contributed by atoms with van der Waals surface area (Å²) >= 11 is 1.89. The summed E-state index contributed by atoms with van der Waals surface area (Å²) in [6.45, 7) is 11.1. The first-order valence-corrected chi connectivity index (χ1v) is 7.99. The van der Waals surface area contributed by atoms with Crippen LogP contribution < -0.4 is 10.2 Å². The third-order valence-electron chi connectivity index (χ3n) is 3.35. The van der Waals surface area contributed by atoms with Crippen LogP contribution in [0.2, 0.25) is 0 Å². The summed E-state index contributed by atoms with van der Waals surface area (Å²) in [4.78, 5) is 8.75. The maximum absolute atomic E-state index is 4.87. The number of hydrogen-bond acceptors (Lipinski definition) is 4. The van der Waals surface area contributed by atoms with Crippen LogP contribution >= 0.6 is 11.3 Å². The molecule has 1 aliphatic rings. The molecule has 1 fully saturated rings. The normalized spacial score (nSPS) is 15.9. The molecular weight excluding hydrogens is 242 g/mol. The van der Waals surface area contributed by atoms with Crippen molar-refractivity contribution >= 4 is 16.5 Å². The predicted octanol–water partition coefficient (Wildman–Crippen LogP) is 3.37. The summed E-state index contributed by atoms with van der Waals surface area (Å²) in [6, 6.07) is 0. The van der Waals surface area contributed by atoms with E-state index >= 15 is 0 Å². The maximum atomic E-state index is 4.87.